The maximum absolute atomic E-state index is 13.0. The van der Waals surface area contributed by atoms with Crippen molar-refractivity contribution in [3.8, 4) is 11.3 Å². The van der Waals surface area contributed by atoms with Gasteiger partial charge in [0, 0.05) is 41.1 Å². The molecule has 29 heavy (non-hydrogen) atoms. The Morgan fingerprint density at radius 3 is 2.41 bits per heavy atom. The summed E-state index contributed by atoms with van der Waals surface area (Å²) in [5.41, 5.74) is 4.04. The molecule has 7 heteroatoms. The second-order valence-corrected chi connectivity index (χ2v) is 7.14. The number of anilines is 2. The van der Waals surface area contributed by atoms with Crippen molar-refractivity contribution in [1.82, 2.24) is 9.97 Å². The number of amides is 1. The van der Waals surface area contributed by atoms with Gasteiger partial charge in [-0.15, -0.1) is 11.3 Å². The van der Waals surface area contributed by atoms with E-state index in [1.54, 1.807) is 36.7 Å². The topological polar surface area (TPSA) is 66.9 Å². The Hall–Kier alpha value is -3.58. The molecular weight excluding hydrogens is 387 g/mol. The van der Waals surface area contributed by atoms with E-state index in [1.807, 2.05) is 29.6 Å². The molecule has 5 nitrogen and oxygen atoms in total. The highest BCUT2D eigenvalue weighted by Crippen LogP contribution is 2.25. The van der Waals surface area contributed by atoms with Crippen LogP contribution in [0.4, 0.5) is 15.2 Å². The molecule has 4 rings (SSSR count). The summed E-state index contributed by atoms with van der Waals surface area (Å²) in [6.07, 6.45) is 3.17. The standard InChI is InChI=1S/C22H17FN4OS/c23-18-5-3-16(4-6-18)20-14-29-22(27-20)25-13-15-1-7-19(8-2-15)26-21(28)17-9-11-24-12-10-17/h1-12,14H,13H2,(H,25,27)(H,26,28). The molecule has 2 aromatic carbocycles. The van der Waals surface area contributed by atoms with E-state index in [0.717, 1.165) is 27.6 Å². The van der Waals surface area contributed by atoms with Crippen molar-refractivity contribution in [3.05, 3.63) is 95.4 Å². The van der Waals surface area contributed by atoms with Gasteiger partial charge in [0.2, 0.25) is 0 Å². The van der Waals surface area contributed by atoms with Gasteiger partial charge in [0.25, 0.3) is 5.91 Å². The van der Waals surface area contributed by atoms with E-state index in [2.05, 4.69) is 20.6 Å². The third-order valence-corrected chi connectivity index (χ3v) is 5.04. The van der Waals surface area contributed by atoms with Crippen LogP contribution < -0.4 is 10.6 Å². The Balaban J connectivity index is 1.34. The fourth-order valence-corrected chi connectivity index (χ4v) is 3.42. The highest BCUT2D eigenvalue weighted by molar-refractivity contribution is 7.14. The first-order chi connectivity index (χ1) is 14.2. The Bertz CT molecular complexity index is 1100. The van der Waals surface area contributed by atoms with Gasteiger partial charge in [-0.1, -0.05) is 12.1 Å². The molecular formula is C22H17FN4OS. The average Bonchev–Trinajstić information content (AvgIpc) is 3.23. The largest absolute Gasteiger partial charge is 0.357 e. The zero-order valence-electron chi connectivity index (χ0n) is 15.3. The Labute approximate surface area is 171 Å². The van der Waals surface area contributed by atoms with Crippen LogP contribution in [0, 0.1) is 5.82 Å². The monoisotopic (exact) mass is 404 g/mol. The molecule has 2 heterocycles. The molecule has 0 fully saturated rings. The van der Waals surface area contributed by atoms with Crippen molar-refractivity contribution in [2.75, 3.05) is 10.6 Å². The molecule has 144 valence electrons. The Morgan fingerprint density at radius 2 is 1.69 bits per heavy atom. The van der Waals surface area contributed by atoms with Gasteiger partial charge < -0.3 is 10.6 Å². The summed E-state index contributed by atoms with van der Waals surface area (Å²) >= 11 is 1.50. The van der Waals surface area contributed by atoms with Gasteiger partial charge in [-0.2, -0.15) is 0 Å². The van der Waals surface area contributed by atoms with Crippen LogP contribution in [-0.2, 0) is 6.54 Å². The van der Waals surface area contributed by atoms with Crippen molar-refractivity contribution in [3.63, 3.8) is 0 Å². The molecule has 1 amide bonds. The van der Waals surface area contributed by atoms with Gasteiger partial charge >= 0.3 is 0 Å². The average molecular weight is 404 g/mol. The van der Waals surface area contributed by atoms with Crippen molar-refractivity contribution in [1.29, 1.82) is 0 Å². The molecule has 0 bridgehead atoms. The van der Waals surface area contributed by atoms with Crippen LogP contribution in [0.1, 0.15) is 15.9 Å². The van der Waals surface area contributed by atoms with Gasteiger partial charge in [-0.05, 0) is 54.1 Å². The minimum atomic E-state index is -0.261. The molecule has 0 aliphatic rings. The molecule has 0 aliphatic heterocycles. The minimum Gasteiger partial charge on any atom is -0.357 e. The minimum absolute atomic E-state index is 0.172. The van der Waals surface area contributed by atoms with Crippen molar-refractivity contribution >= 4 is 28.1 Å². The summed E-state index contributed by atoms with van der Waals surface area (Å²) in [5, 5.41) is 8.88. The molecule has 2 aromatic heterocycles. The molecule has 0 unspecified atom stereocenters. The number of nitrogens with one attached hydrogen (secondary N) is 2. The van der Waals surface area contributed by atoms with Crippen LogP contribution in [0.3, 0.4) is 0 Å². The number of aromatic nitrogens is 2. The number of halogens is 1. The molecule has 0 atom stereocenters. The fourth-order valence-electron chi connectivity index (χ4n) is 2.70. The summed E-state index contributed by atoms with van der Waals surface area (Å²) in [6.45, 7) is 0.606. The first-order valence-corrected chi connectivity index (χ1v) is 9.81. The number of nitrogens with zero attached hydrogens (tertiary/aromatic N) is 2. The van der Waals surface area contributed by atoms with Gasteiger partial charge in [0.15, 0.2) is 5.13 Å². The highest BCUT2D eigenvalue weighted by atomic mass is 32.1. The van der Waals surface area contributed by atoms with Gasteiger partial charge in [-0.3, -0.25) is 9.78 Å². The van der Waals surface area contributed by atoms with E-state index in [9.17, 15) is 9.18 Å². The highest BCUT2D eigenvalue weighted by Gasteiger charge is 2.07. The molecule has 0 radical (unpaired) electrons. The van der Waals surface area contributed by atoms with Crippen molar-refractivity contribution in [2.24, 2.45) is 0 Å². The van der Waals surface area contributed by atoms with Crippen LogP contribution in [0.25, 0.3) is 11.3 Å². The first-order valence-electron chi connectivity index (χ1n) is 8.93. The third-order valence-electron chi connectivity index (χ3n) is 4.24. The van der Waals surface area contributed by atoms with Crippen LogP contribution in [-0.4, -0.2) is 15.9 Å². The van der Waals surface area contributed by atoms with Crippen LogP contribution >= 0.6 is 11.3 Å². The maximum Gasteiger partial charge on any atom is 0.255 e. The third kappa shape index (κ3) is 4.83. The number of thiazole rings is 1. The SMILES string of the molecule is O=C(Nc1ccc(CNc2nc(-c3ccc(F)cc3)cs2)cc1)c1ccncc1. The normalized spacial score (nSPS) is 10.5. The Kier molecular flexibility index (Phi) is 5.58. The van der Waals surface area contributed by atoms with E-state index in [4.69, 9.17) is 0 Å². The Morgan fingerprint density at radius 1 is 0.966 bits per heavy atom. The van der Waals surface area contributed by atoms with E-state index in [1.165, 1.54) is 23.5 Å². The quantitative estimate of drug-likeness (QED) is 0.463. The number of rotatable bonds is 6. The molecule has 4 aromatic rings. The number of carbonyl (C=O) groups excluding carboxylic acids is 1. The van der Waals surface area contributed by atoms with Crippen LogP contribution in [0.15, 0.2) is 78.4 Å². The zero-order valence-corrected chi connectivity index (χ0v) is 16.1. The summed E-state index contributed by atoms with van der Waals surface area (Å²) in [7, 11) is 0. The number of pyridine rings is 1. The van der Waals surface area contributed by atoms with Crippen molar-refractivity contribution in [2.45, 2.75) is 6.54 Å². The smallest absolute Gasteiger partial charge is 0.255 e. The summed E-state index contributed by atoms with van der Waals surface area (Å²) in [4.78, 5) is 20.6. The summed E-state index contributed by atoms with van der Waals surface area (Å²) < 4.78 is 13.0. The van der Waals surface area contributed by atoms with E-state index < -0.39 is 0 Å². The number of benzene rings is 2. The van der Waals surface area contributed by atoms with Crippen molar-refractivity contribution < 1.29 is 9.18 Å². The zero-order chi connectivity index (χ0) is 20.1. The lowest BCUT2D eigenvalue weighted by atomic mass is 10.2. The number of hydrogen-bond acceptors (Lipinski definition) is 5. The number of carbonyl (C=O) groups is 1. The van der Waals surface area contributed by atoms with Gasteiger partial charge in [0.05, 0.1) is 5.69 Å². The molecule has 0 saturated heterocycles. The van der Waals surface area contributed by atoms with Gasteiger partial charge in [0.1, 0.15) is 5.82 Å². The maximum atomic E-state index is 13.0. The lowest BCUT2D eigenvalue weighted by Crippen LogP contribution is -2.11. The summed E-state index contributed by atoms with van der Waals surface area (Å²) in [5.74, 6) is -0.433. The van der Waals surface area contributed by atoms with E-state index in [-0.39, 0.29) is 11.7 Å². The predicted molar refractivity (Wildman–Crippen MR) is 113 cm³/mol. The molecule has 2 N–H and O–H groups in total. The van der Waals surface area contributed by atoms with E-state index >= 15 is 0 Å². The lowest BCUT2D eigenvalue weighted by Gasteiger charge is -2.07. The summed E-state index contributed by atoms with van der Waals surface area (Å²) in [6, 6.07) is 17.2. The second kappa shape index (κ2) is 8.62. The molecule has 0 saturated carbocycles. The fraction of sp³-hybridized carbons (Fsp3) is 0.0455. The van der Waals surface area contributed by atoms with Crippen LogP contribution in [0.2, 0.25) is 0 Å². The molecule has 0 aliphatic carbocycles. The first kappa shape index (κ1) is 18.8. The van der Waals surface area contributed by atoms with Gasteiger partial charge in [-0.25, -0.2) is 9.37 Å². The predicted octanol–water partition coefficient (Wildman–Crippen LogP) is 5.21. The number of hydrogen-bond donors (Lipinski definition) is 2. The lowest BCUT2D eigenvalue weighted by molar-refractivity contribution is 0.102. The van der Waals surface area contributed by atoms with E-state index in [0.29, 0.717) is 12.1 Å². The molecule has 0 spiro atoms. The van der Waals surface area contributed by atoms with Crippen LogP contribution in [0.5, 0.6) is 0 Å². The second-order valence-electron chi connectivity index (χ2n) is 6.29.